The normalized spacial score (nSPS) is 10.5. The molecule has 0 radical (unpaired) electrons. The van der Waals surface area contributed by atoms with E-state index in [1.807, 2.05) is 18.2 Å². The van der Waals surface area contributed by atoms with E-state index in [1.54, 1.807) is 6.08 Å². The standard InChI is InChI=1S/C20H30N6O3/c1-2-12-29-20-25-18(22-10-8-17-6-4-3-5-7-17)24-19(26-20)23-11-14-28-16-15-27-13-9-21/h2-7H,1,8-16,21H2,(H2,22,23,24,25,26). The quantitative estimate of drug-likeness (QED) is 0.284. The Morgan fingerprint density at radius 1 is 0.897 bits per heavy atom. The fourth-order valence-corrected chi connectivity index (χ4v) is 2.32. The number of aromatic nitrogens is 3. The van der Waals surface area contributed by atoms with Crippen LogP contribution in [0.1, 0.15) is 5.56 Å². The third kappa shape index (κ3) is 9.84. The fraction of sp³-hybridized carbons (Fsp3) is 0.450. The van der Waals surface area contributed by atoms with Gasteiger partial charge in [-0.1, -0.05) is 43.0 Å². The zero-order valence-electron chi connectivity index (χ0n) is 16.7. The van der Waals surface area contributed by atoms with Crippen molar-refractivity contribution in [2.75, 3.05) is 63.3 Å². The molecule has 1 aromatic carbocycles. The van der Waals surface area contributed by atoms with Crippen LogP contribution in [0.4, 0.5) is 11.9 Å². The summed E-state index contributed by atoms with van der Waals surface area (Å²) in [5, 5.41) is 6.33. The number of nitrogens with one attached hydrogen (secondary N) is 2. The number of nitrogens with zero attached hydrogens (tertiary/aromatic N) is 3. The van der Waals surface area contributed by atoms with E-state index in [2.05, 4.69) is 44.3 Å². The molecule has 4 N–H and O–H groups in total. The molecule has 0 aliphatic rings. The van der Waals surface area contributed by atoms with E-state index < -0.39 is 0 Å². The number of hydrogen-bond donors (Lipinski definition) is 3. The Bertz CT molecular complexity index is 702. The molecule has 0 fully saturated rings. The molecule has 0 saturated heterocycles. The summed E-state index contributed by atoms with van der Waals surface area (Å²) in [5.41, 5.74) is 6.59. The van der Waals surface area contributed by atoms with E-state index in [0.29, 0.717) is 64.6 Å². The van der Waals surface area contributed by atoms with Gasteiger partial charge < -0.3 is 30.6 Å². The van der Waals surface area contributed by atoms with Crippen molar-refractivity contribution in [3.63, 3.8) is 0 Å². The molecule has 0 spiro atoms. The van der Waals surface area contributed by atoms with Crippen LogP contribution >= 0.6 is 0 Å². The second-order valence-electron chi connectivity index (χ2n) is 5.97. The second-order valence-corrected chi connectivity index (χ2v) is 5.97. The Morgan fingerprint density at radius 2 is 1.59 bits per heavy atom. The van der Waals surface area contributed by atoms with Crippen LogP contribution in [0, 0.1) is 0 Å². The van der Waals surface area contributed by atoms with Gasteiger partial charge in [-0.2, -0.15) is 15.0 Å². The van der Waals surface area contributed by atoms with Crippen LogP contribution in [-0.2, 0) is 15.9 Å². The smallest absolute Gasteiger partial charge is 0.323 e. The van der Waals surface area contributed by atoms with Crippen molar-refractivity contribution in [3.05, 3.63) is 48.6 Å². The van der Waals surface area contributed by atoms with Gasteiger partial charge in [0.1, 0.15) is 6.61 Å². The Kier molecular flexibility index (Phi) is 11.1. The van der Waals surface area contributed by atoms with Gasteiger partial charge in [0.05, 0.1) is 26.4 Å². The molecule has 1 aromatic heterocycles. The summed E-state index contributed by atoms with van der Waals surface area (Å²) in [6.45, 7) is 7.79. The van der Waals surface area contributed by atoms with Gasteiger partial charge in [-0.3, -0.25) is 0 Å². The third-order valence-electron chi connectivity index (χ3n) is 3.65. The maximum Gasteiger partial charge on any atom is 0.323 e. The van der Waals surface area contributed by atoms with Crippen LogP contribution in [0.15, 0.2) is 43.0 Å². The van der Waals surface area contributed by atoms with Crippen LogP contribution in [-0.4, -0.2) is 67.6 Å². The predicted molar refractivity (Wildman–Crippen MR) is 113 cm³/mol. The van der Waals surface area contributed by atoms with Crippen molar-refractivity contribution in [1.29, 1.82) is 0 Å². The predicted octanol–water partition coefficient (Wildman–Crippen LogP) is 1.49. The van der Waals surface area contributed by atoms with Crippen LogP contribution in [0.5, 0.6) is 6.01 Å². The fourth-order valence-electron chi connectivity index (χ4n) is 2.32. The van der Waals surface area contributed by atoms with E-state index in [9.17, 15) is 0 Å². The van der Waals surface area contributed by atoms with Gasteiger partial charge in [0.2, 0.25) is 11.9 Å². The molecule has 0 atom stereocenters. The Hall–Kier alpha value is -2.75. The van der Waals surface area contributed by atoms with Crippen molar-refractivity contribution >= 4 is 11.9 Å². The minimum absolute atomic E-state index is 0.237. The van der Waals surface area contributed by atoms with Crippen LogP contribution < -0.4 is 21.1 Å². The minimum atomic E-state index is 0.237. The summed E-state index contributed by atoms with van der Waals surface area (Å²) in [4.78, 5) is 12.9. The molecule has 0 bridgehead atoms. The first kappa shape index (κ1) is 22.5. The highest BCUT2D eigenvalue weighted by Crippen LogP contribution is 2.11. The molecule has 9 heteroatoms. The Balaban J connectivity index is 1.80. The van der Waals surface area contributed by atoms with Gasteiger partial charge in [-0.15, -0.1) is 0 Å². The molecular weight excluding hydrogens is 372 g/mol. The lowest BCUT2D eigenvalue weighted by Gasteiger charge is -2.11. The number of rotatable bonds is 16. The lowest BCUT2D eigenvalue weighted by atomic mass is 10.1. The van der Waals surface area contributed by atoms with Crippen molar-refractivity contribution in [1.82, 2.24) is 15.0 Å². The number of benzene rings is 1. The molecule has 9 nitrogen and oxygen atoms in total. The molecule has 158 valence electrons. The molecule has 29 heavy (non-hydrogen) atoms. The van der Waals surface area contributed by atoms with Crippen LogP contribution in [0.3, 0.4) is 0 Å². The molecule has 1 heterocycles. The topological polar surface area (TPSA) is 116 Å². The number of anilines is 2. The highest BCUT2D eigenvalue weighted by molar-refractivity contribution is 5.36. The molecule has 2 aromatic rings. The van der Waals surface area contributed by atoms with E-state index in [0.717, 1.165) is 6.42 Å². The zero-order chi connectivity index (χ0) is 20.6. The summed E-state index contributed by atoms with van der Waals surface area (Å²) in [6.07, 6.45) is 2.50. The molecule has 0 amide bonds. The number of ether oxygens (including phenoxy) is 3. The molecule has 2 rings (SSSR count). The van der Waals surface area contributed by atoms with Crippen molar-refractivity contribution in [2.45, 2.75) is 6.42 Å². The summed E-state index contributed by atoms with van der Waals surface area (Å²) in [6, 6.07) is 10.5. The van der Waals surface area contributed by atoms with Crippen molar-refractivity contribution in [3.8, 4) is 6.01 Å². The molecule has 0 saturated carbocycles. The summed E-state index contributed by atoms with van der Waals surface area (Å²) < 4.78 is 16.2. The average molecular weight is 402 g/mol. The first-order valence-corrected chi connectivity index (χ1v) is 9.69. The van der Waals surface area contributed by atoms with Crippen LogP contribution in [0.25, 0.3) is 0 Å². The van der Waals surface area contributed by atoms with Gasteiger partial charge in [-0.25, -0.2) is 0 Å². The maximum absolute atomic E-state index is 5.48. The van der Waals surface area contributed by atoms with Gasteiger partial charge in [0.15, 0.2) is 0 Å². The summed E-state index contributed by atoms with van der Waals surface area (Å²) in [5.74, 6) is 0.873. The molecule has 0 aliphatic heterocycles. The first-order valence-electron chi connectivity index (χ1n) is 9.69. The average Bonchev–Trinajstić information content (AvgIpc) is 2.75. The largest absolute Gasteiger partial charge is 0.459 e. The monoisotopic (exact) mass is 402 g/mol. The number of hydrogen-bond acceptors (Lipinski definition) is 9. The third-order valence-corrected chi connectivity index (χ3v) is 3.65. The van der Waals surface area contributed by atoms with E-state index in [4.69, 9.17) is 19.9 Å². The first-order chi connectivity index (χ1) is 14.3. The van der Waals surface area contributed by atoms with E-state index >= 15 is 0 Å². The Labute approximate surface area is 171 Å². The Morgan fingerprint density at radius 3 is 2.28 bits per heavy atom. The van der Waals surface area contributed by atoms with Gasteiger partial charge in [0, 0.05) is 19.6 Å². The van der Waals surface area contributed by atoms with Crippen molar-refractivity contribution in [2.24, 2.45) is 5.73 Å². The second kappa shape index (κ2) is 14.3. The van der Waals surface area contributed by atoms with Gasteiger partial charge >= 0.3 is 6.01 Å². The SMILES string of the molecule is C=CCOc1nc(NCCOCCOCCN)nc(NCCc2ccccc2)n1. The maximum atomic E-state index is 5.48. The lowest BCUT2D eigenvalue weighted by Crippen LogP contribution is -2.17. The van der Waals surface area contributed by atoms with Gasteiger partial charge in [0.25, 0.3) is 0 Å². The zero-order valence-corrected chi connectivity index (χ0v) is 16.7. The highest BCUT2D eigenvalue weighted by atomic mass is 16.5. The molecule has 0 aliphatic carbocycles. The lowest BCUT2D eigenvalue weighted by molar-refractivity contribution is 0.0547. The summed E-state index contributed by atoms with van der Waals surface area (Å²) in [7, 11) is 0. The van der Waals surface area contributed by atoms with E-state index in [-0.39, 0.29) is 6.01 Å². The van der Waals surface area contributed by atoms with Crippen LogP contribution in [0.2, 0.25) is 0 Å². The molecule has 0 unspecified atom stereocenters. The molecular formula is C20H30N6O3. The van der Waals surface area contributed by atoms with Gasteiger partial charge in [-0.05, 0) is 12.0 Å². The minimum Gasteiger partial charge on any atom is -0.459 e. The summed E-state index contributed by atoms with van der Waals surface area (Å²) >= 11 is 0. The van der Waals surface area contributed by atoms with E-state index in [1.165, 1.54) is 5.56 Å². The van der Waals surface area contributed by atoms with Crippen molar-refractivity contribution < 1.29 is 14.2 Å². The highest BCUT2D eigenvalue weighted by Gasteiger charge is 2.07. The number of nitrogens with two attached hydrogens (primary N) is 1.